The Kier molecular flexibility index (Phi) is 6.01. The molecule has 4 nitrogen and oxygen atoms in total. The lowest BCUT2D eigenvalue weighted by Crippen LogP contribution is -2.40. The molecule has 1 aromatic rings. The Morgan fingerprint density at radius 3 is 2.73 bits per heavy atom. The summed E-state index contributed by atoms with van der Waals surface area (Å²) < 4.78 is 19.4. The van der Waals surface area contributed by atoms with Gasteiger partial charge in [0.1, 0.15) is 11.9 Å². The van der Waals surface area contributed by atoms with Gasteiger partial charge in [0.25, 0.3) is 0 Å². The highest BCUT2D eigenvalue weighted by Crippen LogP contribution is 2.48. The first-order valence-electron chi connectivity index (χ1n) is 11.2. The van der Waals surface area contributed by atoms with Gasteiger partial charge < -0.3 is 14.7 Å². The molecule has 0 bridgehead atoms. The third-order valence-corrected chi connectivity index (χ3v) is 6.70. The number of ether oxygens (including phenoxy) is 1. The number of benzene rings is 1. The number of rotatable bonds is 4. The summed E-state index contributed by atoms with van der Waals surface area (Å²) >= 11 is 0. The number of nitrogens with zero attached hydrogens (tertiary/aromatic N) is 1. The Hall–Kier alpha value is -2.14. The second-order valence-electron chi connectivity index (χ2n) is 9.20. The lowest BCUT2D eigenvalue weighted by atomic mass is 9.79. The first-order valence-corrected chi connectivity index (χ1v) is 11.2. The van der Waals surface area contributed by atoms with E-state index in [4.69, 9.17) is 4.74 Å². The van der Waals surface area contributed by atoms with Crippen molar-refractivity contribution in [3.8, 4) is 0 Å². The highest BCUT2D eigenvalue weighted by Gasteiger charge is 2.42. The van der Waals surface area contributed by atoms with Gasteiger partial charge in [-0.2, -0.15) is 0 Å². The molecule has 1 N–H and O–H groups in total. The zero-order chi connectivity index (χ0) is 21.4. The highest BCUT2D eigenvalue weighted by molar-refractivity contribution is 5.76. The van der Waals surface area contributed by atoms with Crippen LogP contribution in [0.25, 0.3) is 5.57 Å². The van der Waals surface area contributed by atoms with Crippen molar-refractivity contribution in [1.29, 1.82) is 0 Å². The molecule has 0 spiro atoms. The molecule has 2 heterocycles. The third kappa shape index (κ3) is 4.04. The van der Waals surface area contributed by atoms with Gasteiger partial charge in [-0.3, -0.25) is 4.79 Å². The number of esters is 1. The SMILES string of the molecule is Cc1cc(C2=C(/C=C/C3CC(O)CC(=O)O3)N(C(C)C)C3CCCCC23)ccc1F. The molecular formula is C25H32FNO3. The second kappa shape index (κ2) is 8.54. The summed E-state index contributed by atoms with van der Waals surface area (Å²) in [5.74, 6) is -0.115. The van der Waals surface area contributed by atoms with Crippen molar-refractivity contribution < 1.29 is 19.0 Å². The molecule has 5 heteroatoms. The minimum absolute atomic E-state index is 0.0649. The topological polar surface area (TPSA) is 49.8 Å². The summed E-state index contributed by atoms with van der Waals surface area (Å²) in [4.78, 5) is 14.2. The van der Waals surface area contributed by atoms with Crippen LogP contribution in [0.15, 0.2) is 36.0 Å². The van der Waals surface area contributed by atoms with E-state index in [1.54, 1.807) is 6.07 Å². The standard InChI is InChI=1S/C25H32FNO3/c1-15(2)27-22-7-5-4-6-20(22)25(17-8-10-21(26)16(3)12-17)23(27)11-9-19-13-18(28)14-24(29)30-19/h8-12,15,18-20,22,28H,4-7,13-14H2,1-3H3/b11-9+. The molecular weight excluding hydrogens is 381 g/mol. The summed E-state index contributed by atoms with van der Waals surface area (Å²) in [6.07, 6.45) is 8.13. The van der Waals surface area contributed by atoms with Crippen LogP contribution in [0.3, 0.4) is 0 Å². The minimum atomic E-state index is -0.651. The van der Waals surface area contributed by atoms with Crippen LogP contribution in [0.4, 0.5) is 4.39 Å². The largest absolute Gasteiger partial charge is 0.458 e. The third-order valence-electron chi connectivity index (χ3n) is 6.70. The molecule has 162 valence electrons. The van der Waals surface area contributed by atoms with Crippen molar-refractivity contribution in [3.05, 3.63) is 53.0 Å². The number of cyclic esters (lactones) is 1. The average molecular weight is 414 g/mol. The van der Waals surface area contributed by atoms with Crippen LogP contribution in [0.2, 0.25) is 0 Å². The maximum Gasteiger partial charge on any atom is 0.309 e. The first kappa shape index (κ1) is 21.1. The highest BCUT2D eigenvalue weighted by atomic mass is 19.1. The number of fused-ring (bicyclic) bond motifs is 1. The van der Waals surface area contributed by atoms with E-state index in [-0.39, 0.29) is 18.2 Å². The maximum absolute atomic E-state index is 14.0. The summed E-state index contributed by atoms with van der Waals surface area (Å²) in [5, 5.41) is 9.94. The number of aryl methyl sites for hydroxylation is 1. The monoisotopic (exact) mass is 413 g/mol. The lowest BCUT2D eigenvalue weighted by molar-refractivity contribution is -0.156. The average Bonchev–Trinajstić information content (AvgIpc) is 3.02. The molecule has 2 fully saturated rings. The number of halogens is 1. The Labute approximate surface area is 178 Å². The van der Waals surface area contributed by atoms with Crippen molar-refractivity contribution in [1.82, 2.24) is 4.90 Å². The minimum Gasteiger partial charge on any atom is -0.458 e. The molecule has 4 rings (SSSR count). The van der Waals surface area contributed by atoms with Crippen molar-refractivity contribution in [2.45, 2.75) is 83.6 Å². The summed E-state index contributed by atoms with van der Waals surface area (Å²) in [6, 6.07) is 6.19. The van der Waals surface area contributed by atoms with Crippen LogP contribution >= 0.6 is 0 Å². The molecule has 1 aromatic carbocycles. The Morgan fingerprint density at radius 2 is 2.03 bits per heavy atom. The van der Waals surface area contributed by atoms with E-state index < -0.39 is 12.2 Å². The summed E-state index contributed by atoms with van der Waals surface area (Å²) in [6.45, 7) is 6.23. The first-order chi connectivity index (χ1) is 14.3. The van der Waals surface area contributed by atoms with Gasteiger partial charge in [-0.15, -0.1) is 0 Å². The molecule has 1 aliphatic carbocycles. The smallest absolute Gasteiger partial charge is 0.309 e. The van der Waals surface area contributed by atoms with Crippen LogP contribution in [0.1, 0.15) is 63.5 Å². The van der Waals surface area contributed by atoms with Crippen molar-refractivity contribution in [3.63, 3.8) is 0 Å². The van der Waals surface area contributed by atoms with Crippen LogP contribution in [-0.4, -0.2) is 40.3 Å². The van der Waals surface area contributed by atoms with Gasteiger partial charge >= 0.3 is 5.97 Å². The molecule has 1 saturated carbocycles. The number of aliphatic hydroxyl groups excluding tert-OH is 1. The van der Waals surface area contributed by atoms with Gasteiger partial charge in [0.05, 0.1) is 12.5 Å². The van der Waals surface area contributed by atoms with Crippen molar-refractivity contribution in [2.75, 3.05) is 0 Å². The van der Waals surface area contributed by atoms with Crippen LogP contribution in [0, 0.1) is 18.7 Å². The van der Waals surface area contributed by atoms with E-state index in [0.29, 0.717) is 30.0 Å². The van der Waals surface area contributed by atoms with Crippen LogP contribution in [-0.2, 0) is 9.53 Å². The zero-order valence-corrected chi connectivity index (χ0v) is 18.1. The fraction of sp³-hybridized carbons (Fsp3) is 0.560. The number of carbonyl (C=O) groups excluding carboxylic acids is 1. The van der Waals surface area contributed by atoms with Gasteiger partial charge in [0, 0.05) is 30.1 Å². The number of hydrogen-bond donors (Lipinski definition) is 1. The predicted molar refractivity (Wildman–Crippen MR) is 115 cm³/mol. The Balaban J connectivity index is 1.77. The zero-order valence-electron chi connectivity index (χ0n) is 18.1. The van der Waals surface area contributed by atoms with Gasteiger partial charge in [-0.25, -0.2) is 4.39 Å². The van der Waals surface area contributed by atoms with E-state index in [9.17, 15) is 14.3 Å². The summed E-state index contributed by atoms with van der Waals surface area (Å²) in [5.41, 5.74) is 4.15. The van der Waals surface area contributed by atoms with Crippen molar-refractivity contribution in [2.24, 2.45) is 5.92 Å². The van der Waals surface area contributed by atoms with E-state index in [0.717, 1.165) is 24.1 Å². The van der Waals surface area contributed by atoms with Crippen molar-refractivity contribution >= 4 is 11.5 Å². The maximum atomic E-state index is 14.0. The molecule has 4 unspecified atom stereocenters. The fourth-order valence-corrected chi connectivity index (χ4v) is 5.43. The fourth-order valence-electron chi connectivity index (χ4n) is 5.43. The molecule has 3 aliphatic rings. The number of aliphatic hydroxyl groups is 1. The van der Waals surface area contributed by atoms with Crippen LogP contribution in [0.5, 0.6) is 0 Å². The molecule has 1 saturated heterocycles. The molecule has 0 amide bonds. The number of carbonyl (C=O) groups is 1. The number of hydrogen-bond acceptors (Lipinski definition) is 4. The Bertz CT molecular complexity index is 875. The van der Waals surface area contributed by atoms with E-state index >= 15 is 0 Å². The van der Waals surface area contributed by atoms with E-state index in [1.807, 2.05) is 25.1 Å². The van der Waals surface area contributed by atoms with E-state index in [2.05, 4.69) is 24.8 Å². The normalized spacial score (nSPS) is 29.7. The van der Waals surface area contributed by atoms with Gasteiger partial charge in [0.2, 0.25) is 0 Å². The molecule has 4 atom stereocenters. The second-order valence-corrected chi connectivity index (χ2v) is 9.20. The summed E-state index contributed by atoms with van der Waals surface area (Å²) in [7, 11) is 0. The quantitative estimate of drug-likeness (QED) is 0.724. The molecule has 30 heavy (non-hydrogen) atoms. The molecule has 0 aromatic heterocycles. The van der Waals surface area contributed by atoms with E-state index in [1.165, 1.54) is 18.4 Å². The molecule has 0 radical (unpaired) electrons. The van der Waals surface area contributed by atoms with Gasteiger partial charge in [0.15, 0.2) is 0 Å². The Morgan fingerprint density at radius 1 is 1.27 bits per heavy atom. The number of allylic oxidation sites excluding steroid dienone is 1. The lowest BCUT2D eigenvalue weighted by Gasteiger charge is -2.37. The predicted octanol–water partition coefficient (Wildman–Crippen LogP) is 4.75. The molecule has 2 aliphatic heterocycles. The van der Waals surface area contributed by atoms with Gasteiger partial charge in [-0.1, -0.05) is 18.9 Å². The van der Waals surface area contributed by atoms with Crippen LogP contribution < -0.4 is 0 Å². The van der Waals surface area contributed by atoms with Gasteiger partial charge in [-0.05, 0) is 74.6 Å².